The maximum absolute atomic E-state index is 13.5. The van der Waals surface area contributed by atoms with Crippen LogP contribution in [0.25, 0.3) is 0 Å². The van der Waals surface area contributed by atoms with Gasteiger partial charge in [-0.3, -0.25) is 9.69 Å². The molecule has 1 amide bonds. The Morgan fingerprint density at radius 3 is 2.42 bits per heavy atom. The summed E-state index contributed by atoms with van der Waals surface area (Å²) in [5.74, 6) is 0.00624. The number of hydrogen-bond donors (Lipinski definition) is 2. The van der Waals surface area contributed by atoms with E-state index in [9.17, 15) is 13.2 Å². The monoisotopic (exact) mass is 573 g/mol. The zero-order chi connectivity index (χ0) is 26.0. The van der Waals surface area contributed by atoms with Gasteiger partial charge in [0, 0.05) is 30.1 Å². The standard InChI is InChI=1S/C25H30Cl3N3O4S/c1-15-12-24(16(2)11-21(15)27)36(33,34)30-25(32)23-14-19(35-18-3-4-20(26)22(28)13-18)7-10-31(23)17-5-8-29-9-6-17/h3-4,11-13,17,19,23,29H,5-10,14H2,1-2H3,(H,30,32). The highest BCUT2D eigenvalue weighted by Gasteiger charge is 2.40. The van der Waals surface area contributed by atoms with Crippen molar-refractivity contribution >= 4 is 50.7 Å². The van der Waals surface area contributed by atoms with Crippen molar-refractivity contribution in [1.29, 1.82) is 0 Å². The summed E-state index contributed by atoms with van der Waals surface area (Å²) in [4.78, 5) is 15.7. The summed E-state index contributed by atoms with van der Waals surface area (Å²) in [5.41, 5.74) is 1.10. The van der Waals surface area contributed by atoms with Gasteiger partial charge >= 0.3 is 0 Å². The number of nitrogens with zero attached hydrogens (tertiary/aromatic N) is 1. The molecule has 0 spiro atoms. The molecule has 2 unspecified atom stereocenters. The van der Waals surface area contributed by atoms with Gasteiger partial charge in [-0.1, -0.05) is 34.8 Å². The topological polar surface area (TPSA) is 87.7 Å². The molecular formula is C25H30Cl3N3O4S. The fraction of sp³-hybridized carbons (Fsp3) is 0.480. The lowest BCUT2D eigenvalue weighted by Crippen LogP contribution is -2.58. The molecule has 4 rings (SSSR count). The first kappa shape index (κ1) is 27.5. The molecule has 0 radical (unpaired) electrons. The van der Waals surface area contributed by atoms with Gasteiger partial charge in [0.25, 0.3) is 15.9 Å². The van der Waals surface area contributed by atoms with E-state index >= 15 is 0 Å². The molecule has 11 heteroatoms. The van der Waals surface area contributed by atoms with Crippen molar-refractivity contribution in [3.05, 3.63) is 56.5 Å². The molecule has 2 saturated heterocycles. The fourth-order valence-electron chi connectivity index (χ4n) is 4.93. The molecule has 0 bridgehead atoms. The van der Waals surface area contributed by atoms with Gasteiger partial charge in [0.05, 0.1) is 21.0 Å². The Morgan fingerprint density at radius 2 is 1.72 bits per heavy atom. The second-order valence-corrected chi connectivity index (χ2v) is 12.3. The molecule has 36 heavy (non-hydrogen) atoms. The predicted molar refractivity (Wildman–Crippen MR) is 143 cm³/mol. The number of likely N-dealkylation sites (tertiary alicyclic amines) is 1. The molecule has 2 aliphatic heterocycles. The molecule has 2 heterocycles. The van der Waals surface area contributed by atoms with E-state index in [0.717, 1.165) is 25.9 Å². The van der Waals surface area contributed by atoms with Crippen molar-refractivity contribution in [1.82, 2.24) is 14.9 Å². The van der Waals surface area contributed by atoms with Crippen LogP contribution in [0.3, 0.4) is 0 Å². The summed E-state index contributed by atoms with van der Waals surface area (Å²) >= 11 is 18.3. The number of carbonyl (C=O) groups excluding carboxylic acids is 1. The van der Waals surface area contributed by atoms with E-state index in [1.807, 2.05) is 0 Å². The number of halogens is 3. The molecule has 2 N–H and O–H groups in total. The lowest BCUT2D eigenvalue weighted by molar-refractivity contribution is -0.129. The van der Waals surface area contributed by atoms with E-state index in [1.165, 1.54) is 6.07 Å². The van der Waals surface area contributed by atoms with Crippen LogP contribution in [-0.4, -0.2) is 57.0 Å². The van der Waals surface area contributed by atoms with Crippen molar-refractivity contribution in [2.45, 2.75) is 62.6 Å². The van der Waals surface area contributed by atoms with E-state index < -0.39 is 22.0 Å². The Hall–Kier alpha value is -1.55. The molecule has 0 aromatic heterocycles. The molecule has 0 aliphatic carbocycles. The fourth-order valence-corrected chi connectivity index (χ4v) is 6.77. The molecule has 7 nitrogen and oxygen atoms in total. The number of ether oxygens (including phenoxy) is 1. The first-order valence-electron chi connectivity index (χ1n) is 12.0. The molecule has 2 aliphatic rings. The highest BCUT2D eigenvalue weighted by Crippen LogP contribution is 2.31. The number of piperidine rings is 2. The Balaban J connectivity index is 1.56. The number of amides is 1. The van der Waals surface area contributed by atoms with Gasteiger partial charge < -0.3 is 10.1 Å². The van der Waals surface area contributed by atoms with Crippen molar-refractivity contribution in [3.63, 3.8) is 0 Å². The van der Waals surface area contributed by atoms with Gasteiger partial charge in [-0.25, -0.2) is 13.1 Å². The first-order chi connectivity index (χ1) is 17.0. The third kappa shape index (κ3) is 6.29. The van der Waals surface area contributed by atoms with E-state index in [-0.39, 0.29) is 17.0 Å². The number of rotatable bonds is 6. The van der Waals surface area contributed by atoms with E-state index in [1.54, 1.807) is 38.1 Å². The lowest BCUT2D eigenvalue weighted by atomic mass is 9.93. The number of benzene rings is 2. The molecular weight excluding hydrogens is 545 g/mol. The summed E-state index contributed by atoms with van der Waals surface area (Å²) < 4.78 is 34.9. The van der Waals surface area contributed by atoms with Crippen LogP contribution in [0.15, 0.2) is 35.2 Å². The lowest BCUT2D eigenvalue weighted by Gasteiger charge is -2.44. The Kier molecular flexibility index (Phi) is 8.75. The molecule has 2 aromatic rings. The van der Waals surface area contributed by atoms with Crippen LogP contribution >= 0.6 is 34.8 Å². The summed E-state index contributed by atoms with van der Waals surface area (Å²) in [5, 5.41) is 4.63. The van der Waals surface area contributed by atoms with Gasteiger partial charge in [0.15, 0.2) is 0 Å². The first-order valence-corrected chi connectivity index (χ1v) is 14.6. The van der Waals surface area contributed by atoms with Crippen LogP contribution in [-0.2, 0) is 14.8 Å². The maximum Gasteiger partial charge on any atom is 0.264 e. The van der Waals surface area contributed by atoms with Crippen molar-refractivity contribution in [2.75, 3.05) is 19.6 Å². The van der Waals surface area contributed by atoms with Gasteiger partial charge in [0.1, 0.15) is 11.9 Å². The van der Waals surface area contributed by atoms with Crippen LogP contribution in [0.5, 0.6) is 5.75 Å². The highest BCUT2D eigenvalue weighted by molar-refractivity contribution is 7.90. The zero-order valence-electron chi connectivity index (χ0n) is 20.2. The smallest absolute Gasteiger partial charge is 0.264 e. The van der Waals surface area contributed by atoms with Crippen LogP contribution < -0.4 is 14.8 Å². The summed E-state index contributed by atoms with van der Waals surface area (Å²) in [6, 6.07) is 7.67. The normalized spacial score (nSPS) is 21.8. The number of nitrogens with one attached hydrogen (secondary N) is 2. The molecule has 196 valence electrons. The largest absolute Gasteiger partial charge is 0.490 e. The van der Waals surface area contributed by atoms with Gasteiger partial charge in [-0.2, -0.15) is 0 Å². The van der Waals surface area contributed by atoms with Gasteiger partial charge in [-0.05, 0) is 81.6 Å². The van der Waals surface area contributed by atoms with E-state index in [0.29, 0.717) is 51.3 Å². The summed E-state index contributed by atoms with van der Waals surface area (Å²) in [6.45, 7) is 5.73. The Morgan fingerprint density at radius 1 is 1.00 bits per heavy atom. The van der Waals surface area contributed by atoms with E-state index in [2.05, 4.69) is 14.9 Å². The summed E-state index contributed by atoms with van der Waals surface area (Å²) in [6.07, 6.45) is 2.56. The van der Waals surface area contributed by atoms with Crippen molar-refractivity contribution in [3.8, 4) is 5.75 Å². The Bertz CT molecular complexity index is 1240. The highest BCUT2D eigenvalue weighted by atomic mass is 35.5. The number of carbonyl (C=O) groups is 1. The number of hydrogen-bond acceptors (Lipinski definition) is 6. The van der Waals surface area contributed by atoms with Gasteiger partial charge in [-0.15, -0.1) is 0 Å². The molecule has 0 saturated carbocycles. The zero-order valence-corrected chi connectivity index (χ0v) is 23.3. The van der Waals surface area contributed by atoms with Crippen LogP contribution in [0.2, 0.25) is 15.1 Å². The van der Waals surface area contributed by atoms with E-state index in [4.69, 9.17) is 39.5 Å². The quantitative estimate of drug-likeness (QED) is 0.519. The second-order valence-electron chi connectivity index (χ2n) is 9.41. The number of sulfonamides is 1. The number of aryl methyl sites for hydroxylation is 2. The second kappa shape index (κ2) is 11.5. The minimum absolute atomic E-state index is 0.0468. The molecule has 2 aromatic carbocycles. The third-order valence-electron chi connectivity index (χ3n) is 6.85. The molecule has 2 fully saturated rings. The average Bonchev–Trinajstić information content (AvgIpc) is 2.84. The van der Waals surface area contributed by atoms with Crippen molar-refractivity contribution in [2.24, 2.45) is 0 Å². The SMILES string of the molecule is Cc1cc(S(=O)(=O)NC(=O)C2CC(Oc3ccc(Cl)c(Cl)c3)CCN2C2CCNCC2)c(C)cc1Cl. The van der Waals surface area contributed by atoms with Crippen LogP contribution in [0.1, 0.15) is 36.8 Å². The maximum atomic E-state index is 13.5. The Labute approximate surface area is 227 Å². The minimum atomic E-state index is -4.09. The molecule has 2 atom stereocenters. The van der Waals surface area contributed by atoms with Crippen LogP contribution in [0, 0.1) is 13.8 Å². The van der Waals surface area contributed by atoms with Gasteiger partial charge in [0.2, 0.25) is 0 Å². The predicted octanol–water partition coefficient (Wildman–Crippen LogP) is 4.73. The summed E-state index contributed by atoms with van der Waals surface area (Å²) in [7, 11) is -4.09. The van der Waals surface area contributed by atoms with Crippen molar-refractivity contribution < 1.29 is 17.9 Å². The average molecular weight is 575 g/mol. The van der Waals surface area contributed by atoms with Crippen LogP contribution in [0.4, 0.5) is 0 Å². The third-order valence-corrected chi connectivity index (χ3v) is 9.49. The minimum Gasteiger partial charge on any atom is -0.490 e.